The maximum Gasteiger partial charge on any atom is 0.306 e. The van der Waals surface area contributed by atoms with Crippen molar-refractivity contribution in [3.63, 3.8) is 0 Å². The highest BCUT2D eigenvalue weighted by atomic mass is 16.5. The molecule has 0 heterocycles. The number of unbranched alkanes of at least 4 members (excludes halogenated alkanes) is 1. The minimum atomic E-state index is -0.352. The van der Waals surface area contributed by atoms with Crippen LogP contribution in [0.4, 0.5) is 0 Å². The maximum atomic E-state index is 11.7. The Kier molecular flexibility index (Phi) is 7.40. The Morgan fingerprint density at radius 1 is 1.25 bits per heavy atom. The summed E-state index contributed by atoms with van der Waals surface area (Å²) in [5.41, 5.74) is 0.945. The lowest BCUT2D eigenvalue weighted by atomic mass is 10.1. The van der Waals surface area contributed by atoms with Gasteiger partial charge >= 0.3 is 5.97 Å². The van der Waals surface area contributed by atoms with E-state index in [4.69, 9.17) is 4.74 Å². The first-order valence-electron chi connectivity index (χ1n) is 7.10. The third kappa shape index (κ3) is 6.36. The van der Waals surface area contributed by atoms with Crippen LogP contribution < -0.4 is 5.32 Å². The Morgan fingerprint density at radius 2 is 1.95 bits per heavy atom. The van der Waals surface area contributed by atoms with Crippen molar-refractivity contribution in [3.8, 4) is 0 Å². The standard InChI is InChI=1S/C16H23NO3/c1-3-4-10-17-16(19)13(2)11-15(18)20-12-14-8-6-5-7-9-14/h5-9,13H,3-4,10-12H2,1-2H3,(H,17,19). The molecule has 1 rings (SSSR count). The van der Waals surface area contributed by atoms with E-state index in [9.17, 15) is 9.59 Å². The summed E-state index contributed by atoms with van der Waals surface area (Å²) in [6, 6.07) is 9.50. The lowest BCUT2D eigenvalue weighted by Crippen LogP contribution is -2.31. The van der Waals surface area contributed by atoms with Gasteiger partial charge in [-0.1, -0.05) is 50.6 Å². The molecule has 0 aliphatic rings. The Morgan fingerprint density at radius 3 is 2.60 bits per heavy atom. The number of ether oxygens (including phenoxy) is 1. The highest BCUT2D eigenvalue weighted by Crippen LogP contribution is 2.07. The zero-order valence-electron chi connectivity index (χ0n) is 12.2. The number of amides is 1. The van der Waals surface area contributed by atoms with Crippen LogP contribution in [0.2, 0.25) is 0 Å². The second-order valence-corrected chi connectivity index (χ2v) is 4.90. The summed E-state index contributed by atoms with van der Waals surface area (Å²) in [5.74, 6) is -0.780. The molecule has 0 aliphatic heterocycles. The van der Waals surface area contributed by atoms with Gasteiger partial charge in [-0.3, -0.25) is 9.59 Å². The first kappa shape index (κ1) is 16.2. The topological polar surface area (TPSA) is 55.4 Å². The smallest absolute Gasteiger partial charge is 0.306 e. The molecule has 20 heavy (non-hydrogen) atoms. The largest absolute Gasteiger partial charge is 0.461 e. The van der Waals surface area contributed by atoms with Crippen LogP contribution in [-0.2, 0) is 20.9 Å². The molecular formula is C16H23NO3. The monoisotopic (exact) mass is 277 g/mol. The van der Waals surface area contributed by atoms with E-state index >= 15 is 0 Å². The first-order chi connectivity index (χ1) is 9.63. The molecule has 0 radical (unpaired) electrons. The summed E-state index contributed by atoms with van der Waals surface area (Å²) in [4.78, 5) is 23.4. The fraction of sp³-hybridized carbons (Fsp3) is 0.500. The lowest BCUT2D eigenvalue weighted by Gasteiger charge is -2.11. The average molecular weight is 277 g/mol. The summed E-state index contributed by atoms with van der Waals surface area (Å²) in [5, 5.41) is 2.82. The van der Waals surface area contributed by atoms with Crippen LogP contribution in [0.25, 0.3) is 0 Å². The summed E-state index contributed by atoms with van der Waals surface area (Å²) < 4.78 is 5.16. The predicted octanol–water partition coefficient (Wildman–Crippen LogP) is 2.67. The van der Waals surface area contributed by atoms with Crippen LogP contribution >= 0.6 is 0 Å². The molecule has 1 N–H and O–H groups in total. The van der Waals surface area contributed by atoms with Crippen molar-refractivity contribution in [3.05, 3.63) is 35.9 Å². The molecule has 1 aromatic rings. The van der Waals surface area contributed by atoms with Gasteiger partial charge in [-0.15, -0.1) is 0 Å². The van der Waals surface area contributed by atoms with E-state index in [0.717, 1.165) is 18.4 Å². The molecule has 4 nitrogen and oxygen atoms in total. The number of rotatable bonds is 8. The Hall–Kier alpha value is -1.84. The third-order valence-corrected chi connectivity index (χ3v) is 2.99. The molecule has 4 heteroatoms. The van der Waals surface area contributed by atoms with Crippen LogP contribution in [0, 0.1) is 5.92 Å². The van der Waals surface area contributed by atoms with Gasteiger partial charge in [0.25, 0.3) is 0 Å². The molecule has 110 valence electrons. The van der Waals surface area contributed by atoms with Crippen molar-refractivity contribution in [1.29, 1.82) is 0 Å². The molecule has 0 fully saturated rings. The van der Waals surface area contributed by atoms with Gasteiger partial charge in [-0.25, -0.2) is 0 Å². The number of benzene rings is 1. The van der Waals surface area contributed by atoms with Gasteiger partial charge < -0.3 is 10.1 Å². The summed E-state index contributed by atoms with van der Waals surface area (Å²) in [7, 11) is 0. The Labute approximate surface area is 120 Å². The van der Waals surface area contributed by atoms with E-state index in [1.54, 1.807) is 6.92 Å². The van der Waals surface area contributed by atoms with Gasteiger partial charge in [-0.2, -0.15) is 0 Å². The van der Waals surface area contributed by atoms with Crippen molar-refractivity contribution in [2.45, 2.75) is 39.7 Å². The van der Waals surface area contributed by atoms with Crippen molar-refractivity contribution < 1.29 is 14.3 Å². The highest BCUT2D eigenvalue weighted by Gasteiger charge is 2.17. The van der Waals surface area contributed by atoms with Gasteiger partial charge in [0.1, 0.15) is 6.61 Å². The average Bonchev–Trinajstić information content (AvgIpc) is 2.46. The van der Waals surface area contributed by atoms with Gasteiger partial charge in [-0.05, 0) is 12.0 Å². The molecule has 0 spiro atoms. The number of hydrogen-bond donors (Lipinski definition) is 1. The third-order valence-electron chi connectivity index (χ3n) is 2.99. The summed E-state index contributed by atoms with van der Waals surface area (Å²) in [6.07, 6.45) is 2.11. The van der Waals surface area contributed by atoms with E-state index in [-0.39, 0.29) is 30.8 Å². The number of esters is 1. The van der Waals surface area contributed by atoms with E-state index in [2.05, 4.69) is 12.2 Å². The van der Waals surface area contributed by atoms with E-state index < -0.39 is 0 Å². The van der Waals surface area contributed by atoms with Crippen molar-refractivity contribution in [1.82, 2.24) is 5.32 Å². The fourth-order valence-electron chi connectivity index (χ4n) is 1.70. The van der Waals surface area contributed by atoms with Gasteiger partial charge in [0, 0.05) is 12.5 Å². The SMILES string of the molecule is CCCCNC(=O)C(C)CC(=O)OCc1ccccc1. The van der Waals surface area contributed by atoms with Crippen LogP contribution in [0.15, 0.2) is 30.3 Å². The molecular weight excluding hydrogens is 254 g/mol. The minimum absolute atomic E-state index is 0.0879. The van der Waals surface area contributed by atoms with Crippen LogP contribution in [0.5, 0.6) is 0 Å². The van der Waals surface area contributed by atoms with Crippen LogP contribution in [0.3, 0.4) is 0 Å². The van der Waals surface area contributed by atoms with Crippen LogP contribution in [0.1, 0.15) is 38.7 Å². The molecule has 0 bridgehead atoms. The number of carbonyl (C=O) groups excluding carboxylic acids is 2. The fourth-order valence-corrected chi connectivity index (χ4v) is 1.70. The maximum absolute atomic E-state index is 11.7. The quantitative estimate of drug-likeness (QED) is 0.587. The van der Waals surface area contributed by atoms with Gasteiger partial charge in [0.15, 0.2) is 0 Å². The number of hydrogen-bond acceptors (Lipinski definition) is 3. The molecule has 0 saturated carbocycles. The highest BCUT2D eigenvalue weighted by molar-refractivity contribution is 5.83. The Balaban J connectivity index is 2.25. The second-order valence-electron chi connectivity index (χ2n) is 4.90. The van der Waals surface area contributed by atoms with E-state index in [0.29, 0.717) is 6.54 Å². The van der Waals surface area contributed by atoms with Crippen molar-refractivity contribution >= 4 is 11.9 Å². The second kappa shape index (κ2) is 9.13. The predicted molar refractivity (Wildman–Crippen MR) is 77.9 cm³/mol. The molecule has 0 aromatic heterocycles. The molecule has 0 saturated heterocycles. The molecule has 0 aliphatic carbocycles. The first-order valence-corrected chi connectivity index (χ1v) is 7.10. The van der Waals surface area contributed by atoms with Crippen molar-refractivity contribution in [2.75, 3.05) is 6.54 Å². The van der Waals surface area contributed by atoms with Crippen molar-refractivity contribution in [2.24, 2.45) is 5.92 Å². The number of carbonyl (C=O) groups is 2. The van der Waals surface area contributed by atoms with Crippen LogP contribution in [-0.4, -0.2) is 18.4 Å². The molecule has 1 aromatic carbocycles. The molecule has 1 amide bonds. The lowest BCUT2D eigenvalue weighted by molar-refractivity contribution is -0.147. The summed E-state index contributed by atoms with van der Waals surface area (Å²) in [6.45, 7) is 4.73. The van der Waals surface area contributed by atoms with E-state index in [1.807, 2.05) is 30.3 Å². The van der Waals surface area contributed by atoms with E-state index in [1.165, 1.54) is 0 Å². The normalized spacial score (nSPS) is 11.7. The summed E-state index contributed by atoms with van der Waals surface area (Å²) >= 11 is 0. The number of nitrogens with one attached hydrogen (secondary N) is 1. The molecule has 1 atom stereocenters. The molecule has 1 unspecified atom stereocenters. The zero-order chi connectivity index (χ0) is 14.8. The van der Waals surface area contributed by atoms with Gasteiger partial charge in [0.2, 0.25) is 5.91 Å². The Bertz CT molecular complexity index is 417. The minimum Gasteiger partial charge on any atom is -0.461 e. The van der Waals surface area contributed by atoms with Gasteiger partial charge in [0.05, 0.1) is 6.42 Å². The zero-order valence-corrected chi connectivity index (χ0v) is 12.2.